The maximum atomic E-state index is 12.6. The van der Waals surface area contributed by atoms with Crippen LogP contribution in [0.15, 0.2) is 18.5 Å². The van der Waals surface area contributed by atoms with Crippen LogP contribution in [0.3, 0.4) is 0 Å². The third-order valence-corrected chi connectivity index (χ3v) is 2.07. The van der Waals surface area contributed by atoms with Gasteiger partial charge in [0, 0.05) is 18.0 Å². The summed E-state index contributed by atoms with van der Waals surface area (Å²) in [7, 11) is 0. The summed E-state index contributed by atoms with van der Waals surface area (Å²) in [5.74, 6) is 4.96. The summed E-state index contributed by atoms with van der Waals surface area (Å²) in [5, 5.41) is 0. The average Bonchev–Trinajstić information content (AvgIpc) is 2.16. The normalized spacial score (nSPS) is 12.9. The molecule has 0 radical (unpaired) electrons. The molecule has 6 heteroatoms. The largest absolute Gasteiger partial charge is 0.418 e. The molecule has 0 saturated carbocycles. The Morgan fingerprint density at radius 1 is 1.27 bits per heavy atom. The fourth-order valence-corrected chi connectivity index (χ4v) is 1.21. The molecule has 15 heavy (non-hydrogen) atoms. The molecule has 0 aliphatic carbocycles. The fourth-order valence-electron chi connectivity index (χ4n) is 1.21. The van der Waals surface area contributed by atoms with Crippen LogP contribution in [0.25, 0.3) is 0 Å². The highest BCUT2D eigenvalue weighted by Gasteiger charge is 2.38. The van der Waals surface area contributed by atoms with Crippen molar-refractivity contribution < 1.29 is 18.0 Å². The van der Waals surface area contributed by atoms with Gasteiger partial charge in [-0.1, -0.05) is 0 Å². The lowest BCUT2D eigenvalue weighted by Gasteiger charge is -2.25. The van der Waals surface area contributed by atoms with Gasteiger partial charge in [0.15, 0.2) is 0 Å². The zero-order valence-corrected chi connectivity index (χ0v) is 8.30. The summed E-state index contributed by atoms with van der Waals surface area (Å²) in [6.45, 7) is 2.91. The van der Waals surface area contributed by atoms with Gasteiger partial charge in [0.25, 0.3) is 0 Å². The summed E-state index contributed by atoms with van der Waals surface area (Å²) >= 11 is 0. The molecule has 0 fully saturated rings. The smallest absolute Gasteiger partial charge is 0.294 e. The molecule has 84 valence electrons. The second-order valence-electron chi connectivity index (χ2n) is 3.55. The number of nitrogens with zero attached hydrogens (tertiary/aromatic N) is 1. The van der Waals surface area contributed by atoms with E-state index in [-0.39, 0.29) is 5.56 Å². The molecule has 0 aromatic carbocycles. The van der Waals surface area contributed by atoms with E-state index in [1.165, 1.54) is 26.1 Å². The van der Waals surface area contributed by atoms with E-state index in [1.807, 2.05) is 0 Å². The van der Waals surface area contributed by atoms with Gasteiger partial charge in [0.2, 0.25) is 0 Å². The molecule has 1 aromatic rings. The number of halogens is 3. The maximum absolute atomic E-state index is 12.6. The number of hydrogen-bond donors (Lipinski definition) is 1. The molecule has 0 amide bonds. The van der Waals surface area contributed by atoms with E-state index < -0.39 is 17.3 Å². The Labute approximate surface area is 85.0 Å². The van der Waals surface area contributed by atoms with E-state index >= 15 is 0 Å². The third kappa shape index (κ3) is 2.45. The van der Waals surface area contributed by atoms with E-state index in [1.54, 1.807) is 0 Å². The Morgan fingerprint density at radius 2 is 1.87 bits per heavy atom. The van der Waals surface area contributed by atoms with Crippen LogP contribution in [0.4, 0.5) is 13.2 Å². The van der Waals surface area contributed by atoms with Crippen molar-refractivity contribution in [1.82, 2.24) is 4.98 Å². The molecular weight excluding hydrogens is 209 g/mol. The predicted molar refractivity (Wildman–Crippen MR) is 47.5 cm³/mol. The summed E-state index contributed by atoms with van der Waals surface area (Å²) in [4.78, 5) is 7.97. The molecule has 2 N–H and O–H groups in total. The summed E-state index contributed by atoms with van der Waals surface area (Å²) < 4.78 is 37.7. The number of pyridine rings is 1. The summed E-state index contributed by atoms with van der Waals surface area (Å²) in [6.07, 6.45) is -2.43. The van der Waals surface area contributed by atoms with E-state index in [4.69, 9.17) is 5.90 Å². The lowest BCUT2D eigenvalue weighted by atomic mass is 9.94. The van der Waals surface area contributed by atoms with Gasteiger partial charge in [0.05, 0.1) is 5.56 Å². The standard InChI is InChI=1S/C9H11F3N2O/c1-8(2,15-13)6-3-4-14-5-7(6)9(10,11)12/h3-5H,13H2,1-2H3. The first kappa shape index (κ1) is 11.9. The lowest BCUT2D eigenvalue weighted by Crippen LogP contribution is -2.28. The number of rotatable bonds is 2. The van der Waals surface area contributed by atoms with Gasteiger partial charge in [0.1, 0.15) is 5.60 Å². The van der Waals surface area contributed by atoms with Crippen molar-refractivity contribution in [3.05, 3.63) is 29.6 Å². The van der Waals surface area contributed by atoms with Crippen molar-refractivity contribution in [3.8, 4) is 0 Å². The van der Waals surface area contributed by atoms with Crippen molar-refractivity contribution in [2.45, 2.75) is 25.6 Å². The minimum absolute atomic E-state index is 0.0347. The SMILES string of the molecule is CC(C)(ON)c1ccncc1C(F)(F)F. The van der Waals surface area contributed by atoms with Crippen LogP contribution in [-0.2, 0) is 16.6 Å². The lowest BCUT2D eigenvalue weighted by molar-refractivity contribution is -0.141. The Morgan fingerprint density at radius 3 is 2.33 bits per heavy atom. The molecule has 0 unspecified atom stereocenters. The second kappa shape index (κ2) is 3.79. The van der Waals surface area contributed by atoms with Gasteiger partial charge in [-0.2, -0.15) is 13.2 Å². The van der Waals surface area contributed by atoms with Crippen LogP contribution >= 0.6 is 0 Å². The highest BCUT2D eigenvalue weighted by molar-refractivity contribution is 5.30. The van der Waals surface area contributed by atoms with Crippen LogP contribution in [0.2, 0.25) is 0 Å². The van der Waals surface area contributed by atoms with Crippen LogP contribution in [0.1, 0.15) is 25.0 Å². The van der Waals surface area contributed by atoms with E-state index in [2.05, 4.69) is 9.82 Å². The number of hydrogen-bond acceptors (Lipinski definition) is 3. The van der Waals surface area contributed by atoms with Crippen molar-refractivity contribution in [3.63, 3.8) is 0 Å². The first-order valence-corrected chi connectivity index (χ1v) is 4.18. The van der Waals surface area contributed by atoms with Gasteiger partial charge in [-0.05, 0) is 19.9 Å². The molecule has 0 bridgehead atoms. The van der Waals surface area contributed by atoms with Gasteiger partial charge < -0.3 is 0 Å². The molecule has 1 heterocycles. The minimum atomic E-state index is -4.46. The molecule has 0 spiro atoms. The first-order valence-electron chi connectivity index (χ1n) is 4.18. The zero-order chi connectivity index (χ0) is 11.7. The third-order valence-electron chi connectivity index (χ3n) is 2.07. The molecule has 0 saturated heterocycles. The van der Waals surface area contributed by atoms with Crippen LogP contribution in [-0.4, -0.2) is 4.98 Å². The van der Waals surface area contributed by atoms with E-state index in [0.29, 0.717) is 0 Å². The molecule has 3 nitrogen and oxygen atoms in total. The average molecular weight is 220 g/mol. The fraction of sp³-hybridized carbons (Fsp3) is 0.444. The van der Waals surface area contributed by atoms with E-state index in [0.717, 1.165) is 6.20 Å². The topological polar surface area (TPSA) is 48.1 Å². The van der Waals surface area contributed by atoms with E-state index in [9.17, 15) is 13.2 Å². The van der Waals surface area contributed by atoms with Crippen LogP contribution in [0, 0.1) is 0 Å². The van der Waals surface area contributed by atoms with Crippen molar-refractivity contribution in [2.24, 2.45) is 5.90 Å². The Kier molecular flexibility index (Phi) is 3.01. The monoisotopic (exact) mass is 220 g/mol. The Hall–Kier alpha value is -1.14. The van der Waals surface area contributed by atoms with Gasteiger partial charge in [-0.25, -0.2) is 5.90 Å². The number of nitrogens with two attached hydrogens (primary N) is 1. The van der Waals surface area contributed by atoms with Crippen LogP contribution in [0.5, 0.6) is 0 Å². The highest BCUT2D eigenvalue weighted by Crippen LogP contribution is 2.36. The minimum Gasteiger partial charge on any atom is -0.294 e. The zero-order valence-electron chi connectivity index (χ0n) is 8.30. The van der Waals surface area contributed by atoms with Crippen molar-refractivity contribution >= 4 is 0 Å². The molecule has 1 rings (SSSR count). The highest BCUT2D eigenvalue weighted by atomic mass is 19.4. The molecule has 0 aliphatic heterocycles. The van der Waals surface area contributed by atoms with Gasteiger partial charge >= 0.3 is 6.18 Å². The van der Waals surface area contributed by atoms with Crippen molar-refractivity contribution in [2.75, 3.05) is 0 Å². The maximum Gasteiger partial charge on any atom is 0.418 e. The summed E-state index contributed by atoms with van der Waals surface area (Å²) in [6, 6.07) is 1.25. The Bertz CT molecular complexity index is 349. The number of alkyl halides is 3. The first-order chi connectivity index (χ1) is 6.79. The summed E-state index contributed by atoms with van der Waals surface area (Å²) in [5.41, 5.74) is -2.07. The molecule has 0 atom stereocenters. The molecule has 1 aromatic heterocycles. The van der Waals surface area contributed by atoms with Gasteiger partial charge in [-0.15, -0.1) is 0 Å². The van der Waals surface area contributed by atoms with Crippen molar-refractivity contribution in [1.29, 1.82) is 0 Å². The van der Waals surface area contributed by atoms with Crippen LogP contribution < -0.4 is 5.90 Å². The molecular formula is C9H11F3N2O. The molecule has 0 aliphatic rings. The Balaban J connectivity index is 3.31. The second-order valence-corrected chi connectivity index (χ2v) is 3.55. The van der Waals surface area contributed by atoms with Gasteiger partial charge in [-0.3, -0.25) is 9.82 Å². The number of aromatic nitrogens is 1. The quantitative estimate of drug-likeness (QED) is 0.777. The predicted octanol–water partition coefficient (Wildman–Crippen LogP) is 2.23.